The molecule has 1 aromatic heterocycles. The number of piperidine rings is 1. The maximum atomic E-state index is 11.5. The van der Waals surface area contributed by atoms with Gasteiger partial charge in [-0.05, 0) is 47.7 Å². The third-order valence-electron chi connectivity index (χ3n) is 4.43. The smallest absolute Gasteiger partial charge is 0.331 e. The number of hydrogen-bond acceptors (Lipinski definition) is 5. The molecule has 0 aromatic carbocycles. The van der Waals surface area contributed by atoms with Crippen LogP contribution < -0.4 is 5.32 Å². The monoisotopic (exact) mass is 354 g/mol. The first-order chi connectivity index (χ1) is 10.1. The van der Waals surface area contributed by atoms with Crippen LogP contribution in [0.15, 0.2) is 22.9 Å². The zero-order valence-electron chi connectivity index (χ0n) is 12.0. The number of pyridine rings is 1. The second kappa shape index (κ2) is 6.02. The molecule has 2 saturated heterocycles. The van der Waals surface area contributed by atoms with Crippen LogP contribution >= 0.6 is 15.9 Å². The van der Waals surface area contributed by atoms with Gasteiger partial charge in [-0.15, -0.1) is 0 Å². The summed E-state index contributed by atoms with van der Waals surface area (Å²) in [5.41, 5.74) is 0.590. The average molecular weight is 355 g/mol. The number of nitrogens with one attached hydrogen (secondary N) is 1. The van der Waals surface area contributed by atoms with Gasteiger partial charge in [0, 0.05) is 23.8 Å². The fraction of sp³-hybridized carbons (Fsp3) is 0.600. The van der Waals surface area contributed by atoms with Crippen LogP contribution in [0.5, 0.6) is 0 Å². The average Bonchev–Trinajstić information content (AvgIpc) is 2.84. The van der Waals surface area contributed by atoms with E-state index in [-0.39, 0.29) is 12.6 Å². The van der Waals surface area contributed by atoms with Crippen molar-refractivity contribution in [2.75, 3.05) is 13.7 Å². The SMILES string of the molecule is COC(=O)COC1(c2ccc(Br)nc2)CC2CCC(C1)N2. The maximum absolute atomic E-state index is 11.5. The largest absolute Gasteiger partial charge is 0.467 e. The van der Waals surface area contributed by atoms with Gasteiger partial charge >= 0.3 is 5.97 Å². The number of hydrogen-bond donors (Lipinski definition) is 1. The van der Waals surface area contributed by atoms with Gasteiger partial charge in [-0.3, -0.25) is 0 Å². The van der Waals surface area contributed by atoms with Crippen molar-refractivity contribution >= 4 is 21.9 Å². The maximum Gasteiger partial charge on any atom is 0.331 e. The molecule has 114 valence electrons. The zero-order valence-corrected chi connectivity index (χ0v) is 13.6. The van der Waals surface area contributed by atoms with E-state index in [0.717, 1.165) is 35.8 Å². The highest BCUT2D eigenvalue weighted by atomic mass is 79.9. The highest BCUT2D eigenvalue weighted by Gasteiger charge is 2.46. The van der Waals surface area contributed by atoms with Crippen molar-refractivity contribution < 1.29 is 14.3 Å². The minimum absolute atomic E-state index is 0.0218. The Balaban J connectivity index is 1.87. The second-order valence-corrected chi connectivity index (χ2v) is 6.59. The fourth-order valence-corrected chi connectivity index (χ4v) is 3.68. The highest BCUT2D eigenvalue weighted by molar-refractivity contribution is 9.10. The first-order valence-electron chi connectivity index (χ1n) is 7.20. The number of rotatable bonds is 4. The van der Waals surface area contributed by atoms with Gasteiger partial charge < -0.3 is 14.8 Å². The summed E-state index contributed by atoms with van der Waals surface area (Å²) in [6, 6.07) is 4.84. The number of nitrogens with zero attached hydrogens (tertiary/aromatic N) is 1. The molecule has 3 heterocycles. The number of methoxy groups -OCH3 is 1. The van der Waals surface area contributed by atoms with Gasteiger partial charge in [0.1, 0.15) is 11.2 Å². The molecule has 1 N–H and O–H groups in total. The Morgan fingerprint density at radius 3 is 2.71 bits per heavy atom. The van der Waals surface area contributed by atoms with Crippen LogP contribution in [0.25, 0.3) is 0 Å². The molecule has 2 bridgehead atoms. The Morgan fingerprint density at radius 2 is 2.14 bits per heavy atom. The summed E-state index contributed by atoms with van der Waals surface area (Å²) >= 11 is 3.36. The van der Waals surface area contributed by atoms with Gasteiger partial charge in [0.05, 0.1) is 12.7 Å². The van der Waals surface area contributed by atoms with Crippen LogP contribution in [-0.4, -0.2) is 36.8 Å². The Labute approximate surface area is 132 Å². The van der Waals surface area contributed by atoms with Gasteiger partial charge in [0.2, 0.25) is 0 Å². The lowest BCUT2D eigenvalue weighted by Gasteiger charge is -2.41. The van der Waals surface area contributed by atoms with Crippen molar-refractivity contribution in [1.29, 1.82) is 0 Å². The Morgan fingerprint density at radius 1 is 1.43 bits per heavy atom. The number of esters is 1. The molecule has 0 saturated carbocycles. The summed E-state index contributed by atoms with van der Waals surface area (Å²) < 4.78 is 11.6. The standard InChI is InChI=1S/C15H19BrN2O3/c1-20-14(19)9-21-15(10-2-5-13(16)17-8-10)6-11-3-4-12(7-15)18-11/h2,5,8,11-12,18H,3-4,6-7,9H2,1H3. The van der Waals surface area contributed by atoms with Crippen molar-refractivity contribution in [3.05, 3.63) is 28.5 Å². The molecular weight excluding hydrogens is 336 g/mol. The zero-order chi connectivity index (χ0) is 14.9. The summed E-state index contributed by atoms with van der Waals surface area (Å²) in [4.78, 5) is 15.8. The van der Waals surface area contributed by atoms with Crippen LogP contribution in [0.2, 0.25) is 0 Å². The highest BCUT2D eigenvalue weighted by Crippen LogP contribution is 2.43. The van der Waals surface area contributed by atoms with Gasteiger partial charge in [-0.1, -0.05) is 6.07 Å². The van der Waals surface area contributed by atoms with Gasteiger partial charge in [0.25, 0.3) is 0 Å². The molecule has 6 heteroatoms. The second-order valence-electron chi connectivity index (χ2n) is 5.77. The molecule has 0 amide bonds. The minimum atomic E-state index is -0.445. The third kappa shape index (κ3) is 3.12. The van der Waals surface area contributed by atoms with E-state index in [1.807, 2.05) is 18.3 Å². The molecule has 2 aliphatic heterocycles. The van der Waals surface area contributed by atoms with E-state index in [1.165, 1.54) is 7.11 Å². The van der Waals surface area contributed by atoms with Gasteiger partial charge in [-0.2, -0.15) is 0 Å². The molecule has 2 atom stereocenters. The van der Waals surface area contributed by atoms with E-state index in [0.29, 0.717) is 12.1 Å². The lowest BCUT2D eigenvalue weighted by molar-refractivity contribution is -0.157. The van der Waals surface area contributed by atoms with Crippen LogP contribution in [0, 0.1) is 0 Å². The summed E-state index contributed by atoms with van der Waals surface area (Å²) in [5.74, 6) is -0.342. The molecule has 0 aliphatic carbocycles. The molecule has 1 aromatic rings. The molecule has 2 fully saturated rings. The number of carbonyl (C=O) groups excluding carboxylic acids is 1. The predicted molar refractivity (Wildman–Crippen MR) is 80.8 cm³/mol. The number of halogens is 1. The number of fused-ring (bicyclic) bond motifs is 2. The lowest BCUT2D eigenvalue weighted by atomic mass is 9.82. The molecule has 21 heavy (non-hydrogen) atoms. The van der Waals surface area contributed by atoms with Crippen LogP contribution in [0.3, 0.4) is 0 Å². The number of aromatic nitrogens is 1. The van der Waals surface area contributed by atoms with Crippen molar-refractivity contribution in [2.45, 2.75) is 43.4 Å². The molecule has 0 radical (unpaired) electrons. The number of ether oxygens (including phenoxy) is 2. The van der Waals surface area contributed by atoms with Crippen LogP contribution in [-0.2, 0) is 19.9 Å². The van der Waals surface area contributed by atoms with E-state index >= 15 is 0 Å². The summed E-state index contributed by atoms with van der Waals surface area (Å²) in [5, 5.41) is 3.60. The van der Waals surface area contributed by atoms with Crippen LogP contribution in [0.4, 0.5) is 0 Å². The van der Waals surface area contributed by atoms with E-state index in [4.69, 9.17) is 9.47 Å². The van der Waals surface area contributed by atoms with Gasteiger partial charge in [-0.25, -0.2) is 9.78 Å². The fourth-order valence-electron chi connectivity index (χ4n) is 3.44. The van der Waals surface area contributed by atoms with Crippen molar-refractivity contribution in [2.24, 2.45) is 0 Å². The predicted octanol–water partition coefficient (Wildman–Crippen LogP) is 2.14. The Hall–Kier alpha value is -0.980. The van der Waals surface area contributed by atoms with E-state index in [1.54, 1.807) is 0 Å². The van der Waals surface area contributed by atoms with E-state index in [9.17, 15) is 4.79 Å². The Bertz CT molecular complexity index is 508. The van der Waals surface area contributed by atoms with E-state index in [2.05, 4.69) is 26.2 Å². The molecule has 2 aliphatic rings. The summed E-state index contributed by atoms with van der Waals surface area (Å²) in [6.45, 7) is -0.0218. The quantitative estimate of drug-likeness (QED) is 0.663. The third-order valence-corrected chi connectivity index (χ3v) is 4.90. The van der Waals surface area contributed by atoms with Crippen molar-refractivity contribution in [1.82, 2.24) is 10.3 Å². The van der Waals surface area contributed by atoms with Gasteiger partial charge in [0.15, 0.2) is 0 Å². The Kier molecular flexibility index (Phi) is 4.28. The molecular formula is C15H19BrN2O3. The molecule has 2 unspecified atom stereocenters. The molecule has 0 spiro atoms. The number of carbonyl (C=O) groups is 1. The molecule has 3 rings (SSSR count). The minimum Gasteiger partial charge on any atom is -0.467 e. The first kappa shape index (κ1) is 14.9. The van der Waals surface area contributed by atoms with Crippen molar-refractivity contribution in [3.63, 3.8) is 0 Å². The summed E-state index contributed by atoms with van der Waals surface area (Å²) in [6.07, 6.45) is 5.90. The lowest BCUT2D eigenvalue weighted by Crippen LogP contribution is -2.48. The normalized spacial score (nSPS) is 31.1. The summed E-state index contributed by atoms with van der Waals surface area (Å²) in [7, 11) is 1.38. The van der Waals surface area contributed by atoms with Crippen LogP contribution in [0.1, 0.15) is 31.2 Å². The topological polar surface area (TPSA) is 60.5 Å². The molecule has 5 nitrogen and oxygen atoms in total. The first-order valence-corrected chi connectivity index (χ1v) is 7.99. The van der Waals surface area contributed by atoms with E-state index < -0.39 is 5.60 Å². The van der Waals surface area contributed by atoms with Crippen molar-refractivity contribution in [3.8, 4) is 0 Å².